The molecule has 0 saturated heterocycles. The maximum Gasteiger partial charge on any atom is 0.139 e. The highest BCUT2D eigenvalue weighted by Crippen LogP contribution is 2.19. The average molecular weight is 295 g/mol. The molecular formula is C14H8F3NOS. The van der Waals surface area contributed by atoms with Gasteiger partial charge in [0.25, 0.3) is 0 Å². The van der Waals surface area contributed by atoms with Crippen molar-refractivity contribution in [3.63, 3.8) is 0 Å². The van der Waals surface area contributed by atoms with Crippen LogP contribution in [-0.2, 0) is 16.6 Å². The molecule has 0 aliphatic carbocycles. The molecule has 1 unspecified atom stereocenters. The average Bonchev–Trinajstić information content (AvgIpc) is 2.43. The second-order valence-electron chi connectivity index (χ2n) is 3.98. The summed E-state index contributed by atoms with van der Waals surface area (Å²) >= 11 is 0. The summed E-state index contributed by atoms with van der Waals surface area (Å²) in [6.45, 7) is 0. The Hall–Kier alpha value is -2.13. The maximum atomic E-state index is 13.6. The van der Waals surface area contributed by atoms with E-state index in [1.807, 2.05) is 6.07 Å². The van der Waals surface area contributed by atoms with Gasteiger partial charge in [0.1, 0.15) is 17.5 Å². The van der Waals surface area contributed by atoms with Gasteiger partial charge in [0.2, 0.25) is 0 Å². The third-order valence-electron chi connectivity index (χ3n) is 2.60. The molecule has 0 aliphatic rings. The van der Waals surface area contributed by atoms with Gasteiger partial charge >= 0.3 is 0 Å². The summed E-state index contributed by atoms with van der Waals surface area (Å²) in [6, 6.07) is 8.02. The lowest BCUT2D eigenvalue weighted by Crippen LogP contribution is -2.02. The molecule has 0 aliphatic heterocycles. The van der Waals surface area contributed by atoms with Gasteiger partial charge < -0.3 is 0 Å². The van der Waals surface area contributed by atoms with E-state index in [2.05, 4.69) is 0 Å². The lowest BCUT2D eigenvalue weighted by molar-refractivity contribution is 0.571. The molecule has 0 fully saturated rings. The molecule has 2 aromatic rings. The number of benzene rings is 2. The van der Waals surface area contributed by atoms with Crippen LogP contribution in [0.4, 0.5) is 13.2 Å². The molecule has 0 saturated carbocycles. The smallest absolute Gasteiger partial charge is 0.139 e. The molecule has 2 nitrogen and oxygen atoms in total. The summed E-state index contributed by atoms with van der Waals surface area (Å²) in [5, 5.41) is 8.73. The van der Waals surface area contributed by atoms with Gasteiger partial charge in [-0.15, -0.1) is 0 Å². The Bertz CT molecular complexity index is 725. The fourth-order valence-electron chi connectivity index (χ4n) is 1.63. The largest absolute Gasteiger partial charge is 0.254 e. The number of hydrogen-bond donors (Lipinski definition) is 0. The van der Waals surface area contributed by atoms with Crippen LogP contribution in [0.2, 0.25) is 0 Å². The minimum Gasteiger partial charge on any atom is -0.254 e. The molecule has 0 bridgehead atoms. The second kappa shape index (κ2) is 5.88. The summed E-state index contributed by atoms with van der Waals surface area (Å²) in [6.07, 6.45) is 0. The van der Waals surface area contributed by atoms with Crippen molar-refractivity contribution < 1.29 is 17.4 Å². The van der Waals surface area contributed by atoms with Crippen LogP contribution in [0, 0.1) is 28.8 Å². The topological polar surface area (TPSA) is 40.9 Å². The fourth-order valence-corrected chi connectivity index (χ4v) is 2.81. The Balaban J connectivity index is 2.33. The minimum absolute atomic E-state index is 0.0195. The first-order valence-electron chi connectivity index (χ1n) is 5.53. The molecule has 0 radical (unpaired) electrons. The van der Waals surface area contributed by atoms with Gasteiger partial charge in [-0.1, -0.05) is 0 Å². The zero-order valence-electron chi connectivity index (χ0n) is 10.1. The highest BCUT2D eigenvalue weighted by Gasteiger charge is 2.14. The summed E-state index contributed by atoms with van der Waals surface area (Å²) in [7, 11) is -1.94. The molecule has 2 aromatic carbocycles. The van der Waals surface area contributed by atoms with Gasteiger partial charge in [-0.05, 0) is 36.4 Å². The number of nitrogens with zero attached hydrogens (tertiary/aromatic N) is 1. The lowest BCUT2D eigenvalue weighted by atomic mass is 10.1. The first kappa shape index (κ1) is 14.3. The van der Waals surface area contributed by atoms with Crippen molar-refractivity contribution in [1.82, 2.24) is 0 Å². The van der Waals surface area contributed by atoms with E-state index in [-0.39, 0.29) is 21.8 Å². The third kappa shape index (κ3) is 3.06. The zero-order valence-corrected chi connectivity index (χ0v) is 10.9. The van der Waals surface area contributed by atoms with E-state index >= 15 is 0 Å². The molecule has 0 heterocycles. The molecule has 2 rings (SSSR count). The number of halogens is 3. The van der Waals surface area contributed by atoms with E-state index < -0.39 is 28.3 Å². The van der Waals surface area contributed by atoms with Gasteiger partial charge in [-0.3, -0.25) is 4.21 Å². The van der Waals surface area contributed by atoms with Gasteiger partial charge in [0, 0.05) is 5.56 Å². The van der Waals surface area contributed by atoms with E-state index in [0.717, 1.165) is 24.3 Å². The van der Waals surface area contributed by atoms with E-state index in [4.69, 9.17) is 5.26 Å². The summed E-state index contributed by atoms with van der Waals surface area (Å²) in [5.74, 6) is -2.52. The SMILES string of the molecule is N#Cc1ccc(F)c(CS(=O)c2cc(F)ccc2F)c1. The highest BCUT2D eigenvalue weighted by molar-refractivity contribution is 7.84. The van der Waals surface area contributed by atoms with Gasteiger partial charge in [0.05, 0.1) is 33.1 Å². The normalized spacial score (nSPS) is 11.9. The van der Waals surface area contributed by atoms with Crippen molar-refractivity contribution in [3.8, 4) is 6.07 Å². The monoisotopic (exact) mass is 295 g/mol. The Kier molecular flexibility index (Phi) is 4.20. The third-order valence-corrected chi connectivity index (χ3v) is 3.98. The Morgan fingerprint density at radius 2 is 1.75 bits per heavy atom. The predicted octanol–water partition coefficient (Wildman–Crippen LogP) is 3.28. The van der Waals surface area contributed by atoms with Crippen molar-refractivity contribution in [2.24, 2.45) is 0 Å². The molecule has 6 heteroatoms. The molecule has 0 spiro atoms. The summed E-state index contributed by atoms with van der Waals surface area (Å²) in [4.78, 5) is -0.327. The van der Waals surface area contributed by atoms with E-state index in [1.54, 1.807) is 0 Å². The molecule has 20 heavy (non-hydrogen) atoms. The van der Waals surface area contributed by atoms with Crippen LogP contribution in [0.1, 0.15) is 11.1 Å². The Labute approximate surface area is 115 Å². The quantitative estimate of drug-likeness (QED) is 0.872. The van der Waals surface area contributed by atoms with E-state index in [0.29, 0.717) is 0 Å². The van der Waals surface area contributed by atoms with Gasteiger partial charge in [-0.2, -0.15) is 5.26 Å². The standard InChI is InChI=1S/C14H8F3NOS/c15-11-2-4-13(17)14(6-11)20(19)8-10-5-9(7-18)1-3-12(10)16/h1-6H,8H2. The first-order chi connectivity index (χ1) is 9.51. The van der Waals surface area contributed by atoms with Gasteiger partial charge in [0.15, 0.2) is 0 Å². The van der Waals surface area contributed by atoms with E-state index in [9.17, 15) is 17.4 Å². The summed E-state index contributed by atoms with van der Waals surface area (Å²) < 4.78 is 52.0. The predicted molar refractivity (Wildman–Crippen MR) is 67.6 cm³/mol. The van der Waals surface area contributed by atoms with Crippen molar-refractivity contribution in [2.45, 2.75) is 10.6 Å². The molecule has 0 aromatic heterocycles. The first-order valence-corrected chi connectivity index (χ1v) is 6.85. The maximum absolute atomic E-state index is 13.6. The van der Waals surface area contributed by atoms with Crippen molar-refractivity contribution >= 4 is 10.8 Å². The molecule has 1 atom stereocenters. The van der Waals surface area contributed by atoms with Crippen molar-refractivity contribution in [2.75, 3.05) is 0 Å². The Morgan fingerprint density at radius 3 is 2.45 bits per heavy atom. The van der Waals surface area contributed by atoms with Crippen LogP contribution in [0.3, 0.4) is 0 Å². The summed E-state index contributed by atoms with van der Waals surface area (Å²) in [5.41, 5.74) is 0.226. The minimum atomic E-state index is -1.94. The molecule has 0 N–H and O–H groups in total. The van der Waals surface area contributed by atoms with Crippen LogP contribution in [0.25, 0.3) is 0 Å². The second-order valence-corrected chi connectivity index (χ2v) is 5.40. The molecular weight excluding hydrogens is 287 g/mol. The van der Waals surface area contributed by atoms with E-state index in [1.165, 1.54) is 12.1 Å². The number of hydrogen-bond acceptors (Lipinski definition) is 2. The van der Waals surface area contributed by atoms with Crippen LogP contribution < -0.4 is 0 Å². The van der Waals surface area contributed by atoms with Crippen molar-refractivity contribution in [3.05, 3.63) is 65.0 Å². The van der Waals surface area contributed by atoms with Crippen LogP contribution in [-0.4, -0.2) is 4.21 Å². The van der Waals surface area contributed by atoms with Crippen LogP contribution in [0.5, 0.6) is 0 Å². The Morgan fingerprint density at radius 1 is 1.05 bits per heavy atom. The van der Waals surface area contributed by atoms with Gasteiger partial charge in [-0.25, -0.2) is 13.2 Å². The molecule has 102 valence electrons. The lowest BCUT2D eigenvalue weighted by Gasteiger charge is -2.06. The van der Waals surface area contributed by atoms with Crippen LogP contribution >= 0.6 is 0 Å². The van der Waals surface area contributed by atoms with Crippen molar-refractivity contribution in [1.29, 1.82) is 5.26 Å². The number of rotatable bonds is 3. The molecule has 0 amide bonds. The fraction of sp³-hybridized carbons (Fsp3) is 0.0714. The highest BCUT2D eigenvalue weighted by atomic mass is 32.2. The number of nitriles is 1. The zero-order chi connectivity index (χ0) is 14.7. The van der Waals surface area contributed by atoms with Crippen LogP contribution in [0.15, 0.2) is 41.3 Å².